The van der Waals surface area contributed by atoms with Gasteiger partial charge in [-0.1, -0.05) is 32.0 Å². The fraction of sp³-hybridized carbons (Fsp3) is 0.409. The van der Waals surface area contributed by atoms with E-state index in [4.69, 9.17) is 4.74 Å². The van der Waals surface area contributed by atoms with Gasteiger partial charge in [-0.25, -0.2) is 0 Å². The van der Waals surface area contributed by atoms with E-state index < -0.39 is 0 Å². The summed E-state index contributed by atoms with van der Waals surface area (Å²) in [7, 11) is 0. The molecule has 1 amide bonds. The number of morpholine rings is 1. The Morgan fingerprint density at radius 1 is 1.15 bits per heavy atom. The Kier molecular flexibility index (Phi) is 6.48. The van der Waals surface area contributed by atoms with Crippen molar-refractivity contribution in [2.24, 2.45) is 0 Å². The first-order chi connectivity index (χ1) is 13.0. The quantitative estimate of drug-likeness (QED) is 0.817. The summed E-state index contributed by atoms with van der Waals surface area (Å²) in [5.41, 5.74) is 3.26. The Bertz CT molecular complexity index is 766. The molecule has 0 radical (unpaired) electrons. The number of nitrogens with zero attached hydrogens (tertiary/aromatic N) is 1. The number of carbonyl (C=O) groups is 1. The molecule has 1 heterocycles. The Balaban J connectivity index is 1.56. The molecule has 1 saturated heterocycles. The van der Waals surface area contributed by atoms with Crippen LogP contribution in [0.4, 0.5) is 5.69 Å². The monoisotopic (exact) mass is 368 g/mol. The van der Waals surface area contributed by atoms with Gasteiger partial charge in [0, 0.05) is 25.3 Å². The van der Waals surface area contributed by atoms with E-state index in [1.807, 2.05) is 30.3 Å². The zero-order valence-corrected chi connectivity index (χ0v) is 16.1. The van der Waals surface area contributed by atoms with E-state index in [2.05, 4.69) is 24.1 Å². The summed E-state index contributed by atoms with van der Waals surface area (Å²) in [5.74, 6) is 0.0164. The average molecular weight is 368 g/mol. The topological polar surface area (TPSA) is 61.8 Å². The van der Waals surface area contributed by atoms with Gasteiger partial charge in [-0.05, 0) is 47.7 Å². The lowest BCUT2D eigenvalue weighted by molar-refractivity contribution is 0.0384. The minimum absolute atomic E-state index is 0.0147. The summed E-state index contributed by atoms with van der Waals surface area (Å²) < 4.78 is 5.37. The highest BCUT2D eigenvalue weighted by molar-refractivity contribution is 6.06. The number of nitrogens with one attached hydrogen (secondary N) is 1. The number of anilines is 1. The number of phenolic OH excluding ortho intramolecular Hbond substituents is 1. The van der Waals surface area contributed by atoms with Crippen LogP contribution in [0.1, 0.15) is 41.3 Å². The van der Waals surface area contributed by atoms with Gasteiger partial charge < -0.3 is 15.2 Å². The molecule has 2 N–H and O–H groups in total. The minimum atomic E-state index is -0.302. The average Bonchev–Trinajstić information content (AvgIpc) is 2.68. The van der Waals surface area contributed by atoms with Crippen LogP contribution >= 0.6 is 0 Å². The Hall–Kier alpha value is -2.37. The van der Waals surface area contributed by atoms with Crippen molar-refractivity contribution in [1.82, 2.24) is 4.90 Å². The normalized spacial score (nSPS) is 15.1. The number of hydrogen-bond donors (Lipinski definition) is 2. The molecule has 2 aromatic rings. The third-order valence-corrected chi connectivity index (χ3v) is 4.97. The van der Waals surface area contributed by atoms with Crippen molar-refractivity contribution in [3.63, 3.8) is 0 Å². The Morgan fingerprint density at radius 3 is 2.48 bits per heavy atom. The molecule has 0 unspecified atom stereocenters. The molecule has 1 aliphatic rings. The maximum atomic E-state index is 12.4. The van der Waals surface area contributed by atoms with Crippen LogP contribution in [0, 0.1) is 0 Å². The van der Waals surface area contributed by atoms with Gasteiger partial charge in [0.25, 0.3) is 5.91 Å². The maximum absolute atomic E-state index is 12.4. The van der Waals surface area contributed by atoms with Crippen molar-refractivity contribution in [2.45, 2.75) is 26.2 Å². The SMILES string of the molecule is CC(C)c1ccc(C(=O)Nc2ccc(CCN3CCOCC3)cc2)c(O)c1. The number of phenols is 1. The first kappa shape index (κ1) is 19.4. The summed E-state index contributed by atoms with van der Waals surface area (Å²) in [6.45, 7) is 8.74. The molecule has 0 spiro atoms. The van der Waals surface area contributed by atoms with Crippen molar-refractivity contribution < 1.29 is 14.6 Å². The van der Waals surface area contributed by atoms with Gasteiger partial charge in [0.05, 0.1) is 18.8 Å². The third-order valence-electron chi connectivity index (χ3n) is 4.97. The fourth-order valence-corrected chi connectivity index (χ4v) is 3.16. The lowest BCUT2D eigenvalue weighted by atomic mass is 10.0. The summed E-state index contributed by atoms with van der Waals surface area (Å²) in [6, 6.07) is 13.1. The zero-order valence-electron chi connectivity index (χ0n) is 16.1. The molecule has 27 heavy (non-hydrogen) atoms. The van der Waals surface area contributed by atoms with Crippen molar-refractivity contribution in [3.05, 3.63) is 59.2 Å². The summed E-state index contributed by atoms with van der Waals surface area (Å²) >= 11 is 0. The van der Waals surface area contributed by atoms with Crippen LogP contribution in [0.5, 0.6) is 5.75 Å². The van der Waals surface area contributed by atoms with Crippen molar-refractivity contribution in [2.75, 3.05) is 38.2 Å². The highest BCUT2D eigenvalue weighted by Crippen LogP contribution is 2.24. The second-order valence-corrected chi connectivity index (χ2v) is 7.29. The molecular weight excluding hydrogens is 340 g/mol. The molecule has 1 fully saturated rings. The molecule has 144 valence electrons. The minimum Gasteiger partial charge on any atom is -0.507 e. The first-order valence-corrected chi connectivity index (χ1v) is 9.56. The van der Waals surface area contributed by atoms with Crippen LogP contribution in [-0.4, -0.2) is 48.8 Å². The van der Waals surface area contributed by atoms with E-state index in [-0.39, 0.29) is 17.2 Å². The van der Waals surface area contributed by atoms with Crippen LogP contribution < -0.4 is 5.32 Å². The molecule has 0 saturated carbocycles. The van der Waals surface area contributed by atoms with E-state index in [0.29, 0.717) is 5.92 Å². The molecule has 0 aromatic heterocycles. The number of ether oxygens (including phenoxy) is 1. The molecule has 0 atom stereocenters. The second-order valence-electron chi connectivity index (χ2n) is 7.29. The zero-order chi connectivity index (χ0) is 19.2. The van der Waals surface area contributed by atoms with Crippen LogP contribution in [0.3, 0.4) is 0 Å². The fourth-order valence-electron chi connectivity index (χ4n) is 3.16. The Labute approximate surface area is 161 Å². The van der Waals surface area contributed by atoms with Crippen LogP contribution in [0.15, 0.2) is 42.5 Å². The standard InChI is InChI=1S/C22H28N2O3/c1-16(2)18-5-8-20(21(25)15-18)22(26)23-19-6-3-17(4-7-19)9-10-24-11-13-27-14-12-24/h3-8,15-16,25H,9-14H2,1-2H3,(H,23,26). The molecule has 0 aliphatic carbocycles. The highest BCUT2D eigenvalue weighted by Gasteiger charge is 2.13. The summed E-state index contributed by atoms with van der Waals surface area (Å²) in [4.78, 5) is 14.8. The molecular formula is C22H28N2O3. The molecule has 0 bridgehead atoms. The van der Waals surface area contributed by atoms with Crippen LogP contribution in [-0.2, 0) is 11.2 Å². The lowest BCUT2D eigenvalue weighted by Crippen LogP contribution is -2.37. The van der Waals surface area contributed by atoms with Gasteiger partial charge in [-0.2, -0.15) is 0 Å². The number of hydrogen-bond acceptors (Lipinski definition) is 4. The van der Waals surface area contributed by atoms with E-state index in [0.717, 1.165) is 50.5 Å². The van der Waals surface area contributed by atoms with E-state index >= 15 is 0 Å². The number of rotatable bonds is 6. The van der Waals surface area contributed by atoms with Gasteiger partial charge in [-0.15, -0.1) is 0 Å². The third kappa shape index (κ3) is 5.31. The van der Waals surface area contributed by atoms with E-state index in [1.54, 1.807) is 12.1 Å². The largest absolute Gasteiger partial charge is 0.507 e. The predicted octanol–water partition coefficient (Wildman–Crippen LogP) is 3.64. The van der Waals surface area contributed by atoms with Crippen molar-refractivity contribution in [3.8, 4) is 5.75 Å². The van der Waals surface area contributed by atoms with Crippen LogP contribution in [0.25, 0.3) is 0 Å². The summed E-state index contributed by atoms with van der Waals surface area (Å²) in [6.07, 6.45) is 0.978. The first-order valence-electron chi connectivity index (χ1n) is 9.56. The van der Waals surface area contributed by atoms with E-state index in [1.165, 1.54) is 5.56 Å². The van der Waals surface area contributed by atoms with Gasteiger partial charge in [-0.3, -0.25) is 9.69 Å². The predicted molar refractivity (Wildman–Crippen MR) is 108 cm³/mol. The molecule has 3 rings (SSSR count). The number of aromatic hydroxyl groups is 1. The van der Waals surface area contributed by atoms with Gasteiger partial charge >= 0.3 is 0 Å². The van der Waals surface area contributed by atoms with Crippen LogP contribution in [0.2, 0.25) is 0 Å². The summed E-state index contributed by atoms with van der Waals surface area (Å²) in [5, 5.41) is 13.0. The van der Waals surface area contributed by atoms with Crippen molar-refractivity contribution >= 4 is 11.6 Å². The number of amides is 1. The van der Waals surface area contributed by atoms with Gasteiger partial charge in [0.2, 0.25) is 0 Å². The van der Waals surface area contributed by atoms with E-state index in [9.17, 15) is 9.90 Å². The number of benzene rings is 2. The smallest absolute Gasteiger partial charge is 0.259 e. The molecule has 1 aliphatic heterocycles. The van der Waals surface area contributed by atoms with Gasteiger partial charge in [0.1, 0.15) is 5.75 Å². The van der Waals surface area contributed by atoms with Crippen molar-refractivity contribution in [1.29, 1.82) is 0 Å². The maximum Gasteiger partial charge on any atom is 0.259 e. The Morgan fingerprint density at radius 2 is 1.85 bits per heavy atom. The number of carbonyl (C=O) groups excluding carboxylic acids is 1. The highest BCUT2D eigenvalue weighted by atomic mass is 16.5. The van der Waals surface area contributed by atoms with Gasteiger partial charge in [0.15, 0.2) is 0 Å². The lowest BCUT2D eigenvalue weighted by Gasteiger charge is -2.26. The second kappa shape index (κ2) is 9.02. The molecule has 5 heteroatoms. The molecule has 2 aromatic carbocycles. The molecule has 5 nitrogen and oxygen atoms in total.